The summed E-state index contributed by atoms with van der Waals surface area (Å²) >= 11 is 1.67. The molecule has 0 unspecified atom stereocenters. The van der Waals surface area contributed by atoms with E-state index in [4.69, 9.17) is 4.98 Å². The van der Waals surface area contributed by atoms with Crippen LogP contribution in [0.1, 0.15) is 76.7 Å². The van der Waals surface area contributed by atoms with Gasteiger partial charge in [0.1, 0.15) is 5.82 Å². The lowest BCUT2D eigenvalue weighted by molar-refractivity contribution is -0.128. The first kappa shape index (κ1) is 21.7. The number of anilines is 1. The fourth-order valence-electron chi connectivity index (χ4n) is 4.42. The normalized spacial score (nSPS) is 18.4. The zero-order valence-corrected chi connectivity index (χ0v) is 19.4. The molecule has 0 aromatic carbocycles. The van der Waals surface area contributed by atoms with Gasteiger partial charge in [0.25, 0.3) is 5.91 Å². The van der Waals surface area contributed by atoms with Gasteiger partial charge in [0.2, 0.25) is 5.91 Å². The molecule has 1 fully saturated rings. The van der Waals surface area contributed by atoms with Crippen LogP contribution in [0.25, 0.3) is 0 Å². The van der Waals surface area contributed by atoms with Crippen LogP contribution >= 0.6 is 11.3 Å². The molecular formula is C23H31N5O2S. The van der Waals surface area contributed by atoms with Crippen LogP contribution in [0.3, 0.4) is 0 Å². The first-order valence-corrected chi connectivity index (χ1v) is 12.0. The molecule has 1 aliphatic heterocycles. The summed E-state index contributed by atoms with van der Waals surface area (Å²) in [4.78, 5) is 40.3. The van der Waals surface area contributed by atoms with Gasteiger partial charge < -0.3 is 15.1 Å². The summed E-state index contributed by atoms with van der Waals surface area (Å²) in [5.41, 5.74) is 2.14. The fourth-order valence-corrected chi connectivity index (χ4v) is 5.63. The monoisotopic (exact) mass is 441 g/mol. The second-order valence-electron chi connectivity index (χ2n) is 8.50. The maximum absolute atomic E-state index is 13.5. The molecule has 0 bridgehead atoms. The number of aryl methyl sites for hydroxylation is 2. The highest BCUT2D eigenvalue weighted by molar-refractivity contribution is 7.14. The van der Waals surface area contributed by atoms with Gasteiger partial charge in [0.15, 0.2) is 5.82 Å². The zero-order chi connectivity index (χ0) is 22.0. The van der Waals surface area contributed by atoms with Crippen LogP contribution < -0.4 is 5.32 Å². The van der Waals surface area contributed by atoms with Crippen LogP contribution in [-0.4, -0.2) is 52.2 Å². The lowest BCUT2D eigenvalue weighted by Crippen LogP contribution is -2.31. The molecule has 3 heterocycles. The van der Waals surface area contributed by atoms with Crippen molar-refractivity contribution in [2.24, 2.45) is 0 Å². The van der Waals surface area contributed by atoms with Crippen LogP contribution in [-0.2, 0) is 24.2 Å². The summed E-state index contributed by atoms with van der Waals surface area (Å²) in [6, 6.07) is 3.85. The highest BCUT2D eigenvalue weighted by Crippen LogP contribution is 2.35. The molecule has 1 N–H and O–H groups in total. The molecule has 8 heteroatoms. The highest BCUT2D eigenvalue weighted by Gasteiger charge is 2.34. The van der Waals surface area contributed by atoms with Gasteiger partial charge in [-0.15, -0.1) is 11.3 Å². The summed E-state index contributed by atoms with van der Waals surface area (Å²) in [5.74, 6) is 1.45. The SMILES string of the molecule is CNc1cc(CN(C)C(C)=O)nc([C@H]2CCCN2C(=O)c2cc3c(s2)CCCCC3)n1. The molecule has 1 saturated heterocycles. The Balaban J connectivity index is 1.59. The van der Waals surface area contributed by atoms with Gasteiger partial charge in [-0.1, -0.05) is 6.42 Å². The predicted molar refractivity (Wildman–Crippen MR) is 122 cm³/mol. The van der Waals surface area contributed by atoms with Crippen LogP contribution in [0.2, 0.25) is 0 Å². The number of amides is 2. The lowest BCUT2D eigenvalue weighted by atomic mass is 10.1. The van der Waals surface area contributed by atoms with Crippen LogP contribution in [0.5, 0.6) is 0 Å². The molecule has 2 amide bonds. The number of fused-ring (bicyclic) bond motifs is 1. The summed E-state index contributed by atoms with van der Waals surface area (Å²) in [7, 11) is 3.58. The summed E-state index contributed by atoms with van der Waals surface area (Å²) in [5, 5.41) is 3.09. The maximum Gasteiger partial charge on any atom is 0.264 e. The van der Waals surface area contributed by atoms with Crippen molar-refractivity contribution in [2.45, 2.75) is 64.5 Å². The lowest BCUT2D eigenvalue weighted by Gasteiger charge is -2.24. The Morgan fingerprint density at radius 1 is 1.19 bits per heavy atom. The van der Waals surface area contributed by atoms with Gasteiger partial charge in [-0.25, -0.2) is 9.97 Å². The molecule has 2 aromatic heterocycles. The Labute approximate surface area is 187 Å². The molecule has 2 aromatic rings. The number of nitrogens with one attached hydrogen (secondary N) is 1. The van der Waals surface area contributed by atoms with Gasteiger partial charge in [-0.3, -0.25) is 9.59 Å². The van der Waals surface area contributed by atoms with E-state index >= 15 is 0 Å². The van der Waals surface area contributed by atoms with E-state index in [0.29, 0.717) is 18.2 Å². The van der Waals surface area contributed by atoms with Crippen LogP contribution in [0.15, 0.2) is 12.1 Å². The Hall–Kier alpha value is -2.48. The van der Waals surface area contributed by atoms with Crippen molar-refractivity contribution < 1.29 is 9.59 Å². The van der Waals surface area contributed by atoms with E-state index in [1.54, 1.807) is 30.2 Å². The Morgan fingerprint density at radius 2 is 2.00 bits per heavy atom. The van der Waals surface area contributed by atoms with Gasteiger partial charge in [0, 0.05) is 38.5 Å². The van der Waals surface area contributed by atoms with E-state index in [-0.39, 0.29) is 17.9 Å². The molecule has 1 aliphatic carbocycles. The number of hydrogen-bond acceptors (Lipinski definition) is 6. The Bertz CT molecular complexity index is 949. The average molecular weight is 442 g/mol. The number of thiophene rings is 1. The van der Waals surface area contributed by atoms with Crippen molar-refractivity contribution in [1.29, 1.82) is 0 Å². The third-order valence-corrected chi connectivity index (χ3v) is 7.48. The van der Waals surface area contributed by atoms with E-state index in [2.05, 4.69) is 16.4 Å². The minimum absolute atomic E-state index is 0.0127. The molecule has 0 radical (unpaired) electrons. The van der Waals surface area contributed by atoms with E-state index in [1.807, 2.05) is 18.0 Å². The predicted octanol–water partition coefficient (Wildman–Crippen LogP) is 3.80. The molecule has 2 aliphatic rings. The third kappa shape index (κ3) is 4.74. The maximum atomic E-state index is 13.5. The second-order valence-corrected chi connectivity index (χ2v) is 9.64. The molecule has 4 rings (SSSR count). The first-order valence-electron chi connectivity index (χ1n) is 11.2. The average Bonchev–Trinajstić information content (AvgIpc) is 3.35. The number of rotatable bonds is 5. The number of hydrogen-bond donors (Lipinski definition) is 1. The van der Waals surface area contributed by atoms with Crippen LogP contribution in [0.4, 0.5) is 5.82 Å². The summed E-state index contributed by atoms with van der Waals surface area (Å²) in [6.07, 6.45) is 7.68. The van der Waals surface area contributed by atoms with E-state index < -0.39 is 0 Å². The van der Waals surface area contributed by atoms with Gasteiger partial charge in [-0.2, -0.15) is 0 Å². The standard InChI is InChI=1S/C23H31N5O2S/c1-15(29)27(3)14-17-13-21(24-2)26-22(25-17)18-9-7-11-28(18)23(30)20-12-16-8-5-4-6-10-19(16)31-20/h12-13,18H,4-11,14H2,1-3H3,(H,24,25,26)/t18-/m1/s1. The zero-order valence-electron chi connectivity index (χ0n) is 18.6. The largest absolute Gasteiger partial charge is 0.373 e. The summed E-state index contributed by atoms with van der Waals surface area (Å²) in [6.45, 7) is 2.68. The molecule has 1 atom stereocenters. The van der Waals surface area contributed by atoms with Gasteiger partial charge in [-0.05, 0) is 50.2 Å². The Morgan fingerprint density at radius 3 is 2.77 bits per heavy atom. The molecule has 7 nitrogen and oxygen atoms in total. The topological polar surface area (TPSA) is 78.4 Å². The van der Waals surface area contributed by atoms with Crippen molar-refractivity contribution in [3.05, 3.63) is 39.0 Å². The molecule has 166 valence electrons. The number of carbonyl (C=O) groups excluding carboxylic acids is 2. The minimum Gasteiger partial charge on any atom is -0.373 e. The molecule has 0 saturated carbocycles. The third-order valence-electron chi connectivity index (χ3n) is 6.26. The number of likely N-dealkylation sites (tertiary alicyclic amines) is 1. The van der Waals surface area contributed by atoms with E-state index in [0.717, 1.165) is 42.8 Å². The minimum atomic E-state index is -0.135. The number of carbonyl (C=O) groups is 2. The number of nitrogens with zero attached hydrogens (tertiary/aromatic N) is 4. The molecule has 0 spiro atoms. The van der Waals surface area contributed by atoms with E-state index in [1.165, 1.54) is 29.7 Å². The van der Waals surface area contributed by atoms with Crippen molar-refractivity contribution in [1.82, 2.24) is 19.8 Å². The quantitative estimate of drug-likeness (QED) is 0.714. The van der Waals surface area contributed by atoms with Crippen molar-refractivity contribution in [3.8, 4) is 0 Å². The van der Waals surface area contributed by atoms with Crippen LogP contribution in [0, 0.1) is 0 Å². The van der Waals surface area contributed by atoms with Crippen molar-refractivity contribution >= 4 is 29.0 Å². The molecular weight excluding hydrogens is 410 g/mol. The van der Waals surface area contributed by atoms with E-state index in [9.17, 15) is 9.59 Å². The number of aromatic nitrogens is 2. The van der Waals surface area contributed by atoms with Crippen molar-refractivity contribution in [3.63, 3.8) is 0 Å². The van der Waals surface area contributed by atoms with Crippen molar-refractivity contribution in [2.75, 3.05) is 26.0 Å². The summed E-state index contributed by atoms with van der Waals surface area (Å²) < 4.78 is 0. The van der Waals surface area contributed by atoms with Gasteiger partial charge in [0.05, 0.1) is 23.2 Å². The van der Waals surface area contributed by atoms with Gasteiger partial charge >= 0.3 is 0 Å². The molecule has 31 heavy (non-hydrogen) atoms. The fraction of sp³-hybridized carbons (Fsp3) is 0.565. The highest BCUT2D eigenvalue weighted by atomic mass is 32.1. The second kappa shape index (κ2) is 9.34. The Kier molecular flexibility index (Phi) is 6.55. The first-order chi connectivity index (χ1) is 15.0. The smallest absolute Gasteiger partial charge is 0.264 e.